The van der Waals surface area contributed by atoms with Crippen molar-refractivity contribution in [2.45, 2.75) is 90.5 Å². The van der Waals surface area contributed by atoms with Gasteiger partial charge in [-0.25, -0.2) is 8.42 Å². The van der Waals surface area contributed by atoms with Gasteiger partial charge in [-0.15, -0.1) is 0 Å². The van der Waals surface area contributed by atoms with Crippen LogP contribution in [0.1, 0.15) is 89.5 Å². The number of rotatable bonds is 16. The first-order valence-electron chi connectivity index (χ1n) is 12.8. The maximum absolute atomic E-state index is 12.8. The topological polar surface area (TPSA) is 37.4 Å². The van der Waals surface area contributed by atoms with Crippen LogP contribution in [0.5, 0.6) is 0 Å². The first kappa shape index (κ1) is 26.3. The number of quaternary nitrogens is 1. The summed E-state index contributed by atoms with van der Waals surface area (Å²) in [4.78, 5) is 0. The lowest BCUT2D eigenvalue weighted by Crippen LogP contribution is -2.57. The van der Waals surface area contributed by atoms with Crippen molar-refractivity contribution in [1.82, 2.24) is 4.31 Å². The Kier molecular flexibility index (Phi) is 12.1. The number of sulfonamides is 1. The fraction of sp³-hybridized carbons (Fsp3) is 0.769. The fourth-order valence-corrected chi connectivity index (χ4v) is 6.19. The van der Waals surface area contributed by atoms with E-state index < -0.39 is 10.0 Å². The molecule has 1 heterocycles. The fourth-order valence-electron chi connectivity index (χ4n) is 4.64. The Morgan fingerprint density at radius 2 is 1.26 bits per heavy atom. The van der Waals surface area contributed by atoms with Gasteiger partial charge in [0.2, 0.25) is 10.0 Å². The van der Waals surface area contributed by atoms with Gasteiger partial charge < -0.3 is 4.48 Å². The number of unbranched alkanes of at least 4 members (excludes halogenated alkanes) is 11. The van der Waals surface area contributed by atoms with Gasteiger partial charge in [0.15, 0.2) is 0 Å². The molecule has 0 atom stereocenters. The van der Waals surface area contributed by atoms with Crippen molar-refractivity contribution >= 4 is 10.0 Å². The standard InChI is InChI=1S/C26H47N2O2S/c1-3-4-5-6-7-8-9-10-11-12-13-17-24-31(29,30)27-20-22-28(2,23-21-27)25-26-18-15-14-16-19-26/h14-16,18-19H,3-13,17,20-25H2,1-2H3/q+1. The molecule has 0 bridgehead atoms. The number of piperazine rings is 1. The average molecular weight is 452 g/mol. The molecule has 1 aliphatic rings. The van der Waals surface area contributed by atoms with Crippen molar-refractivity contribution in [3.63, 3.8) is 0 Å². The van der Waals surface area contributed by atoms with Crippen LogP contribution >= 0.6 is 0 Å². The Morgan fingerprint density at radius 3 is 1.77 bits per heavy atom. The van der Waals surface area contributed by atoms with Crippen molar-refractivity contribution in [1.29, 1.82) is 0 Å². The number of benzene rings is 1. The largest absolute Gasteiger partial charge is 0.320 e. The van der Waals surface area contributed by atoms with E-state index in [1.807, 2.05) is 6.07 Å². The lowest BCUT2D eigenvalue weighted by molar-refractivity contribution is -0.925. The van der Waals surface area contributed by atoms with Crippen LogP contribution in [0, 0.1) is 0 Å². The van der Waals surface area contributed by atoms with Crippen LogP contribution in [0.25, 0.3) is 0 Å². The molecule has 1 aromatic carbocycles. The molecule has 2 rings (SSSR count). The van der Waals surface area contributed by atoms with Gasteiger partial charge in [0, 0.05) is 5.56 Å². The second kappa shape index (κ2) is 14.3. The van der Waals surface area contributed by atoms with E-state index >= 15 is 0 Å². The molecule has 1 saturated heterocycles. The summed E-state index contributed by atoms with van der Waals surface area (Å²) in [5, 5.41) is 0. The van der Waals surface area contributed by atoms with E-state index in [4.69, 9.17) is 0 Å². The molecule has 31 heavy (non-hydrogen) atoms. The zero-order valence-electron chi connectivity index (χ0n) is 20.2. The molecule has 0 unspecified atom stereocenters. The smallest absolute Gasteiger partial charge is 0.214 e. The molecule has 1 aliphatic heterocycles. The van der Waals surface area contributed by atoms with E-state index in [2.05, 4.69) is 38.2 Å². The van der Waals surface area contributed by atoms with E-state index in [1.54, 1.807) is 4.31 Å². The Hall–Kier alpha value is -0.910. The van der Waals surface area contributed by atoms with Gasteiger partial charge in [0.25, 0.3) is 0 Å². The van der Waals surface area contributed by atoms with Gasteiger partial charge in [-0.05, 0) is 6.42 Å². The monoisotopic (exact) mass is 451 g/mol. The summed E-state index contributed by atoms with van der Waals surface area (Å²) in [5.41, 5.74) is 1.33. The third-order valence-corrected chi connectivity index (χ3v) is 8.79. The molecule has 5 heteroatoms. The summed E-state index contributed by atoms with van der Waals surface area (Å²) in [5.74, 6) is 0.326. The zero-order chi connectivity index (χ0) is 22.4. The van der Waals surface area contributed by atoms with Crippen molar-refractivity contribution in [3.05, 3.63) is 35.9 Å². The van der Waals surface area contributed by atoms with Crippen LogP contribution in [-0.4, -0.2) is 56.2 Å². The van der Waals surface area contributed by atoms with Crippen LogP contribution in [0.3, 0.4) is 0 Å². The normalized spacial score (nSPS) is 17.1. The summed E-state index contributed by atoms with van der Waals surface area (Å²) in [7, 11) is -0.843. The first-order valence-corrected chi connectivity index (χ1v) is 14.4. The molecule has 0 amide bonds. The van der Waals surface area contributed by atoms with E-state index in [9.17, 15) is 8.42 Å². The minimum absolute atomic E-state index is 0.326. The molecular formula is C26H47N2O2S+. The summed E-state index contributed by atoms with van der Waals surface area (Å²) in [6.07, 6.45) is 15.2. The molecule has 0 saturated carbocycles. The first-order chi connectivity index (χ1) is 15.0. The summed E-state index contributed by atoms with van der Waals surface area (Å²) in [6, 6.07) is 10.5. The molecule has 1 aromatic rings. The molecule has 1 fully saturated rings. The number of nitrogens with zero attached hydrogens (tertiary/aromatic N) is 2. The summed E-state index contributed by atoms with van der Waals surface area (Å²) in [6.45, 7) is 6.35. The molecule has 0 aliphatic carbocycles. The molecule has 0 N–H and O–H groups in total. The second-order valence-corrected chi connectivity index (χ2v) is 11.9. The molecule has 4 nitrogen and oxygen atoms in total. The SMILES string of the molecule is CCCCCCCCCCCCCCS(=O)(=O)N1CC[N+](C)(Cc2ccccc2)CC1. The lowest BCUT2D eigenvalue weighted by atomic mass is 10.1. The number of hydrogen-bond acceptors (Lipinski definition) is 2. The highest BCUT2D eigenvalue weighted by atomic mass is 32.2. The van der Waals surface area contributed by atoms with Crippen LogP contribution in [0.2, 0.25) is 0 Å². The Balaban J connectivity index is 1.54. The van der Waals surface area contributed by atoms with Gasteiger partial charge in [-0.1, -0.05) is 108 Å². The zero-order valence-corrected chi connectivity index (χ0v) is 21.1. The highest BCUT2D eigenvalue weighted by Gasteiger charge is 2.34. The second-order valence-electron chi connectivity index (χ2n) is 9.81. The van der Waals surface area contributed by atoms with Gasteiger partial charge in [-0.3, -0.25) is 0 Å². The summed E-state index contributed by atoms with van der Waals surface area (Å²) < 4.78 is 28.2. The minimum atomic E-state index is -3.10. The Bertz CT molecular complexity index is 683. The van der Waals surface area contributed by atoms with Gasteiger partial charge in [0.1, 0.15) is 6.54 Å². The van der Waals surface area contributed by atoms with Crippen molar-refractivity contribution in [2.24, 2.45) is 0 Å². The van der Waals surface area contributed by atoms with Crippen LogP contribution < -0.4 is 0 Å². The van der Waals surface area contributed by atoms with E-state index in [0.29, 0.717) is 18.8 Å². The van der Waals surface area contributed by atoms with Crippen molar-refractivity contribution in [2.75, 3.05) is 39.0 Å². The van der Waals surface area contributed by atoms with Gasteiger partial charge in [-0.2, -0.15) is 4.31 Å². The molecule has 0 aromatic heterocycles. The number of hydrogen-bond donors (Lipinski definition) is 0. The van der Waals surface area contributed by atoms with E-state index in [-0.39, 0.29) is 0 Å². The van der Waals surface area contributed by atoms with Crippen molar-refractivity contribution < 1.29 is 12.9 Å². The Labute approximate surface area is 192 Å². The molecule has 0 spiro atoms. The van der Waals surface area contributed by atoms with Gasteiger partial charge in [0.05, 0.1) is 39.0 Å². The maximum Gasteiger partial charge on any atom is 0.214 e. The molecular weight excluding hydrogens is 404 g/mol. The van der Waals surface area contributed by atoms with Crippen LogP contribution in [0.4, 0.5) is 0 Å². The predicted octanol–water partition coefficient (Wildman–Crippen LogP) is 5.98. The summed E-state index contributed by atoms with van der Waals surface area (Å²) >= 11 is 0. The highest BCUT2D eigenvalue weighted by molar-refractivity contribution is 7.89. The third-order valence-electron chi connectivity index (χ3n) is 6.83. The van der Waals surface area contributed by atoms with Crippen molar-refractivity contribution in [3.8, 4) is 0 Å². The lowest BCUT2D eigenvalue weighted by Gasteiger charge is -2.41. The maximum atomic E-state index is 12.8. The van der Waals surface area contributed by atoms with E-state index in [0.717, 1.165) is 37.0 Å². The average Bonchev–Trinajstić information content (AvgIpc) is 2.75. The Morgan fingerprint density at radius 1 is 0.774 bits per heavy atom. The number of likely N-dealkylation sites (N-methyl/N-ethyl adjacent to an activating group) is 1. The molecule has 0 radical (unpaired) electrons. The minimum Gasteiger partial charge on any atom is -0.320 e. The highest BCUT2D eigenvalue weighted by Crippen LogP contribution is 2.19. The molecule has 178 valence electrons. The quantitative estimate of drug-likeness (QED) is 0.229. The van der Waals surface area contributed by atoms with Crippen LogP contribution in [0.15, 0.2) is 30.3 Å². The van der Waals surface area contributed by atoms with E-state index in [1.165, 1.54) is 69.8 Å². The predicted molar refractivity (Wildman–Crippen MR) is 133 cm³/mol. The third kappa shape index (κ3) is 10.5. The van der Waals surface area contributed by atoms with Crippen LogP contribution in [-0.2, 0) is 16.6 Å². The van der Waals surface area contributed by atoms with Gasteiger partial charge >= 0.3 is 0 Å².